The van der Waals surface area contributed by atoms with E-state index in [2.05, 4.69) is 18.8 Å². The van der Waals surface area contributed by atoms with Crippen LogP contribution in [0.2, 0.25) is 0 Å². The van der Waals surface area contributed by atoms with Gasteiger partial charge in [0.25, 0.3) is 0 Å². The van der Waals surface area contributed by atoms with Crippen molar-refractivity contribution in [3.8, 4) is 5.75 Å². The van der Waals surface area contributed by atoms with Crippen LogP contribution in [0.4, 0.5) is 5.69 Å². The number of carbonyl (C=O) groups is 2. The van der Waals surface area contributed by atoms with Crippen LogP contribution in [0.1, 0.15) is 45.1 Å². The van der Waals surface area contributed by atoms with Gasteiger partial charge < -0.3 is 15.2 Å². The van der Waals surface area contributed by atoms with Gasteiger partial charge in [-0.15, -0.1) is 0 Å². The Morgan fingerprint density at radius 1 is 1.21 bits per heavy atom. The Morgan fingerprint density at radius 3 is 2.55 bits per heavy atom. The molecule has 7 nitrogen and oxygen atoms in total. The Kier molecular flexibility index (Phi) is 5.97. The van der Waals surface area contributed by atoms with Gasteiger partial charge in [-0.3, -0.25) is 14.7 Å². The molecular formula is C26H29N3O4. The number of methoxy groups -OCH3 is 1. The first-order valence-electron chi connectivity index (χ1n) is 11.0. The van der Waals surface area contributed by atoms with E-state index in [1.54, 1.807) is 32.5 Å². The molecule has 2 N–H and O–H groups in total. The molecule has 0 saturated heterocycles. The van der Waals surface area contributed by atoms with Gasteiger partial charge in [-0.05, 0) is 54.7 Å². The lowest BCUT2D eigenvalue weighted by molar-refractivity contribution is -0.138. The van der Waals surface area contributed by atoms with Gasteiger partial charge in [0.1, 0.15) is 11.6 Å². The van der Waals surface area contributed by atoms with Crippen LogP contribution < -0.4 is 15.4 Å². The summed E-state index contributed by atoms with van der Waals surface area (Å²) in [6.45, 7) is 6.09. The molecule has 0 fully saturated rings. The van der Waals surface area contributed by atoms with Crippen molar-refractivity contribution >= 4 is 17.4 Å². The number of rotatable bonds is 5. The Balaban J connectivity index is 1.99. The van der Waals surface area contributed by atoms with Gasteiger partial charge in [-0.2, -0.15) is 0 Å². The maximum absolute atomic E-state index is 13.6. The number of aromatic nitrogens is 1. The Hall–Kier alpha value is -3.61. The molecule has 1 atom stereocenters. The zero-order chi connectivity index (χ0) is 23.8. The summed E-state index contributed by atoms with van der Waals surface area (Å²) >= 11 is 0. The summed E-state index contributed by atoms with van der Waals surface area (Å²) in [4.78, 5) is 32.9. The number of carbonyl (C=O) groups excluding carboxylic acids is 2. The van der Waals surface area contributed by atoms with Gasteiger partial charge in [-0.25, -0.2) is 4.79 Å². The highest BCUT2D eigenvalue weighted by molar-refractivity contribution is 6.05. The van der Waals surface area contributed by atoms with Crippen molar-refractivity contribution < 1.29 is 19.1 Å². The maximum Gasteiger partial charge on any atom is 0.338 e. The van der Waals surface area contributed by atoms with Crippen LogP contribution in [-0.4, -0.2) is 30.5 Å². The van der Waals surface area contributed by atoms with E-state index in [4.69, 9.17) is 15.2 Å². The largest absolute Gasteiger partial charge is 0.497 e. The number of hydrogen-bond acceptors (Lipinski definition) is 7. The quantitative estimate of drug-likeness (QED) is 0.691. The Labute approximate surface area is 193 Å². The molecule has 0 bridgehead atoms. The smallest absolute Gasteiger partial charge is 0.338 e. The second kappa shape index (κ2) is 8.73. The van der Waals surface area contributed by atoms with E-state index >= 15 is 0 Å². The highest BCUT2D eigenvalue weighted by Crippen LogP contribution is 2.50. The summed E-state index contributed by atoms with van der Waals surface area (Å²) < 4.78 is 10.7. The van der Waals surface area contributed by atoms with Gasteiger partial charge in [0.05, 0.1) is 25.2 Å². The molecular weight excluding hydrogens is 418 g/mol. The monoisotopic (exact) mass is 447 g/mol. The number of ether oxygens (including phenoxy) is 2. The fourth-order valence-electron chi connectivity index (χ4n) is 4.72. The molecule has 0 radical (unpaired) electrons. The first kappa shape index (κ1) is 22.6. The number of nitrogens with two attached hydrogens (primary N) is 1. The van der Waals surface area contributed by atoms with Crippen LogP contribution in [-0.2, 0) is 14.3 Å². The SMILES string of the molecule is CCOC(=O)C1=C(N)N(c2ccc(OC)cc2)C2=C(C(=O)CC(C)(C)C2)C1c1cccnc1. The van der Waals surface area contributed by atoms with E-state index < -0.39 is 11.9 Å². The second-order valence-electron chi connectivity index (χ2n) is 9.07. The van der Waals surface area contributed by atoms with E-state index in [9.17, 15) is 9.59 Å². The van der Waals surface area contributed by atoms with E-state index in [0.29, 0.717) is 24.2 Å². The fourth-order valence-corrected chi connectivity index (χ4v) is 4.72. The molecule has 2 aliphatic rings. The molecule has 33 heavy (non-hydrogen) atoms. The van der Waals surface area contributed by atoms with Crippen molar-refractivity contribution in [2.75, 3.05) is 18.6 Å². The lowest BCUT2D eigenvalue weighted by Gasteiger charge is -2.44. The predicted molar refractivity (Wildman–Crippen MR) is 125 cm³/mol. The third kappa shape index (κ3) is 4.11. The minimum atomic E-state index is -0.633. The number of pyridine rings is 1. The maximum atomic E-state index is 13.6. The molecule has 2 heterocycles. The zero-order valence-electron chi connectivity index (χ0n) is 19.4. The molecule has 1 aromatic heterocycles. The number of ketones is 1. The number of esters is 1. The van der Waals surface area contributed by atoms with Gasteiger partial charge in [0.15, 0.2) is 5.78 Å². The standard InChI is InChI=1S/C26H29N3O4/c1-5-33-25(31)23-21(16-7-6-12-28-15-16)22-19(13-26(2,3)14-20(22)30)29(24(23)27)17-8-10-18(32-4)11-9-17/h6-12,15,21H,5,13-14,27H2,1-4H3. The molecule has 2 aromatic rings. The molecule has 4 rings (SSSR count). The van der Waals surface area contributed by atoms with Crippen molar-refractivity contribution in [2.24, 2.45) is 11.1 Å². The minimum absolute atomic E-state index is 0.00270. The number of hydrogen-bond donors (Lipinski definition) is 1. The topological polar surface area (TPSA) is 94.8 Å². The molecule has 1 aliphatic heterocycles. The van der Waals surface area contributed by atoms with Crippen LogP contribution in [0.15, 0.2) is 71.5 Å². The van der Waals surface area contributed by atoms with E-state index in [0.717, 1.165) is 16.9 Å². The normalized spacial score (nSPS) is 19.9. The van der Waals surface area contributed by atoms with E-state index in [1.807, 2.05) is 35.2 Å². The van der Waals surface area contributed by atoms with Gasteiger partial charge in [0.2, 0.25) is 0 Å². The Morgan fingerprint density at radius 2 is 1.94 bits per heavy atom. The highest BCUT2D eigenvalue weighted by Gasteiger charge is 2.46. The van der Waals surface area contributed by atoms with Crippen LogP contribution in [0, 0.1) is 5.41 Å². The number of Topliss-reactive ketones (excluding diaryl/α,β-unsaturated/α-hetero) is 1. The molecule has 0 saturated carbocycles. The van der Waals surface area contributed by atoms with Crippen molar-refractivity contribution in [2.45, 2.75) is 39.5 Å². The summed E-state index contributed by atoms with van der Waals surface area (Å²) in [6.07, 6.45) is 4.36. The van der Waals surface area contributed by atoms with Crippen LogP contribution in [0.3, 0.4) is 0 Å². The van der Waals surface area contributed by atoms with Crippen molar-refractivity contribution in [1.29, 1.82) is 0 Å². The van der Waals surface area contributed by atoms with Crippen molar-refractivity contribution in [3.05, 3.63) is 77.0 Å². The van der Waals surface area contributed by atoms with Crippen molar-refractivity contribution in [1.82, 2.24) is 4.98 Å². The third-order valence-electron chi connectivity index (χ3n) is 6.10. The second-order valence-corrected chi connectivity index (χ2v) is 9.07. The summed E-state index contributed by atoms with van der Waals surface area (Å²) in [5.41, 5.74) is 9.61. The summed E-state index contributed by atoms with van der Waals surface area (Å²) in [5.74, 6) is -0.205. The molecule has 7 heteroatoms. The molecule has 1 unspecified atom stereocenters. The highest BCUT2D eigenvalue weighted by atomic mass is 16.5. The molecule has 0 spiro atoms. The summed E-state index contributed by atoms with van der Waals surface area (Å²) in [7, 11) is 1.60. The van der Waals surface area contributed by atoms with Gasteiger partial charge in [0, 0.05) is 35.8 Å². The van der Waals surface area contributed by atoms with Gasteiger partial charge in [-0.1, -0.05) is 19.9 Å². The number of nitrogens with zero attached hydrogens (tertiary/aromatic N) is 2. The van der Waals surface area contributed by atoms with Crippen LogP contribution in [0.25, 0.3) is 0 Å². The minimum Gasteiger partial charge on any atom is -0.497 e. The van der Waals surface area contributed by atoms with Gasteiger partial charge >= 0.3 is 5.97 Å². The molecule has 1 aromatic carbocycles. The Bertz CT molecular complexity index is 1130. The number of anilines is 1. The van der Waals surface area contributed by atoms with E-state index in [1.165, 1.54) is 0 Å². The average Bonchev–Trinajstić information content (AvgIpc) is 2.78. The summed E-state index contributed by atoms with van der Waals surface area (Å²) in [6, 6.07) is 11.1. The van der Waals surface area contributed by atoms with Crippen LogP contribution in [0.5, 0.6) is 5.75 Å². The summed E-state index contributed by atoms with van der Waals surface area (Å²) in [5, 5.41) is 0. The third-order valence-corrected chi connectivity index (χ3v) is 6.10. The van der Waals surface area contributed by atoms with Crippen molar-refractivity contribution in [3.63, 3.8) is 0 Å². The first-order chi connectivity index (χ1) is 15.8. The average molecular weight is 448 g/mol. The molecule has 0 amide bonds. The number of benzene rings is 1. The molecule has 1 aliphatic carbocycles. The lowest BCUT2D eigenvalue weighted by atomic mass is 9.68. The zero-order valence-corrected chi connectivity index (χ0v) is 19.4. The van der Waals surface area contributed by atoms with E-state index in [-0.39, 0.29) is 29.2 Å². The fraction of sp³-hybridized carbons (Fsp3) is 0.346. The molecule has 172 valence electrons. The van der Waals surface area contributed by atoms with Crippen LogP contribution >= 0.6 is 0 Å². The lowest BCUT2D eigenvalue weighted by Crippen LogP contribution is -2.43. The first-order valence-corrected chi connectivity index (χ1v) is 11.0. The number of allylic oxidation sites excluding steroid dienone is 2. The predicted octanol–water partition coefficient (Wildman–Crippen LogP) is 4.07.